The van der Waals surface area contributed by atoms with Gasteiger partial charge < -0.3 is 15.2 Å². The van der Waals surface area contributed by atoms with Crippen LogP contribution in [-0.2, 0) is 9.53 Å². The van der Waals surface area contributed by atoms with Crippen molar-refractivity contribution in [2.75, 3.05) is 32.8 Å². The van der Waals surface area contributed by atoms with Crippen LogP contribution in [0.25, 0.3) is 0 Å². The molecule has 5 nitrogen and oxygen atoms in total. The number of nitrogens with zero attached hydrogens (tertiary/aromatic N) is 1. The van der Waals surface area contributed by atoms with Crippen molar-refractivity contribution in [3.8, 4) is 0 Å². The number of carboxylic acid groups (broad SMARTS) is 1. The summed E-state index contributed by atoms with van der Waals surface area (Å²) in [7, 11) is 0. The van der Waals surface area contributed by atoms with E-state index < -0.39 is 12.0 Å². The zero-order chi connectivity index (χ0) is 12.7. The van der Waals surface area contributed by atoms with Crippen molar-refractivity contribution in [3.05, 3.63) is 0 Å². The predicted octanol–water partition coefficient (Wildman–Crippen LogP) is 0.550. The minimum absolute atomic E-state index is 0.113. The van der Waals surface area contributed by atoms with Gasteiger partial charge in [-0.3, -0.25) is 9.69 Å². The first-order valence-electron chi connectivity index (χ1n) is 6.47. The van der Waals surface area contributed by atoms with E-state index in [4.69, 9.17) is 9.84 Å². The van der Waals surface area contributed by atoms with Crippen LogP contribution in [0.3, 0.4) is 0 Å². The van der Waals surface area contributed by atoms with Crippen molar-refractivity contribution in [3.63, 3.8) is 0 Å². The van der Waals surface area contributed by atoms with Gasteiger partial charge in [0.1, 0.15) is 6.04 Å². The van der Waals surface area contributed by atoms with Crippen LogP contribution in [0.2, 0.25) is 0 Å². The summed E-state index contributed by atoms with van der Waals surface area (Å²) >= 11 is 0. The number of carboxylic acids is 1. The Bertz CT molecular complexity index is 236. The zero-order valence-electron chi connectivity index (χ0n) is 10.8. The average Bonchev–Trinajstić information content (AvgIpc) is 2.34. The van der Waals surface area contributed by atoms with E-state index in [1.807, 2.05) is 6.92 Å². The topological polar surface area (TPSA) is 61.8 Å². The molecule has 1 aliphatic rings. The summed E-state index contributed by atoms with van der Waals surface area (Å²) in [4.78, 5) is 13.3. The zero-order valence-corrected chi connectivity index (χ0v) is 10.8. The van der Waals surface area contributed by atoms with E-state index in [9.17, 15) is 4.79 Å². The number of morpholine rings is 1. The second kappa shape index (κ2) is 7.63. The second-order valence-electron chi connectivity index (χ2n) is 4.47. The Labute approximate surface area is 103 Å². The van der Waals surface area contributed by atoms with Crippen molar-refractivity contribution < 1.29 is 14.6 Å². The van der Waals surface area contributed by atoms with E-state index in [0.29, 0.717) is 13.0 Å². The molecule has 1 fully saturated rings. The van der Waals surface area contributed by atoms with Crippen molar-refractivity contribution in [1.29, 1.82) is 0 Å². The molecule has 0 radical (unpaired) electrons. The number of nitrogens with one attached hydrogen (secondary N) is 1. The Hall–Kier alpha value is -0.650. The minimum Gasteiger partial charge on any atom is -0.480 e. The van der Waals surface area contributed by atoms with Gasteiger partial charge in [-0.1, -0.05) is 20.3 Å². The fourth-order valence-electron chi connectivity index (χ4n) is 2.07. The van der Waals surface area contributed by atoms with Gasteiger partial charge in [0.2, 0.25) is 0 Å². The number of carbonyl (C=O) groups is 1. The lowest BCUT2D eigenvalue weighted by Gasteiger charge is -2.32. The van der Waals surface area contributed by atoms with Crippen LogP contribution < -0.4 is 5.32 Å². The van der Waals surface area contributed by atoms with Crippen molar-refractivity contribution in [1.82, 2.24) is 10.2 Å². The van der Waals surface area contributed by atoms with E-state index >= 15 is 0 Å². The first-order chi connectivity index (χ1) is 8.17. The lowest BCUT2D eigenvalue weighted by molar-refractivity contribution is -0.140. The van der Waals surface area contributed by atoms with Crippen LogP contribution in [0.4, 0.5) is 0 Å². The molecule has 0 aliphatic carbocycles. The molecule has 17 heavy (non-hydrogen) atoms. The molecule has 0 aromatic heterocycles. The third-order valence-electron chi connectivity index (χ3n) is 3.14. The lowest BCUT2D eigenvalue weighted by Crippen LogP contribution is -2.49. The monoisotopic (exact) mass is 244 g/mol. The molecule has 1 saturated heterocycles. The van der Waals surface area contributed by atoms with E-state index in [1.165, 1.54) is 0 Å². The Morgan fingerprint density at radius 3 is 2.94 bits per heavy atom. The van der Waals surface area contributed by atoms with Crippen molar-refractivity contribution in [2.45, 2.75) is 38.8 Å². The molecule has 1 rings (SSSR count). The number of hydrogen-bond acceptors (Lipinski definition) is 4. The van der Waals surface area contributed by atoms with Crippen molar-refractivity contribution in [2.24, 2.45) is 0 Å². The quantitative estimate of drug-likeness (QED) is 0.685. The molecule has 0 aromatic carbocycles. The summed E-state index contributed by atoms with van der Waals surface area (Å²) in [6.45, 7) is 8.38. The molecule has 0 spiro atoms. The Balaban J connectivity index is 2.30. The fourth-order valence-corrected chi connectivity index (χ4v) is 2.07. The molecular formula is C12H24N2O3. The van der Waals surface area contributed by atoms with Crippen LogP contribution in [0, 0.1) is 0 Å². The summed E-state index contributed by atoms with van der Waals surface area (Å²) in [5.41, 5.74) is 0. The lowest BCUT2D eigenvalue weighted by atomic mass is 10.1. The van der Waals surface area contributed by atoms with Gasteiger partial charge in [0.05, 0.1) is 12.7 Å². The summed E-state index contributed by atoms with van der Waals surface area (Å²) in [5.74, 6) is -0.769. The number of hydrogen-bond donors (Lipinski definition) is 2. The van der Waals surface area contributed by atoms with Gasteiger partial charge in [0, 0.05) is 19.6 Å². The van der Waals surface area contributed by atoms with Gasteiger partial charge in [-0.05, 0) is 13.0 Å². The van der Waals surface area contributed by atoms with Gasteiger partial charge in [0.15, 0.2) is 0 Å². The SMILES string of the molecule is CCCC(NCC1CN(CC)CCO1)C(=O)O. The molecule has 2 N–H and O–H groups in total. The molecule has 0 aromatic rings. The smallest absolute Gasteiger partial charge is 0.320 e. The average molecular weight is 244 g/mol. The first kappa shape index (κ1) is 14.4. The maximum atomic E-state index is 11.0. The molecule has 0 saturated carbocycles. The molecule has 100 valence electrons. The van der Waals surface area contributed by atoms with Crippen LogP contribution in [-0.4, -0.2) is 60.9 Å². The number of ether oxygens (including phenoxy) is 1. The maximum absolute atomic E-state index is 11.0. The molecule has 0 bridgehead atoms. The molecule has 2 atom stereocenters. The van der Waals surface area contributed by atoms with E-state index in [1.54, 1.807) is 0 Å². The molecule has 0 amide bonds. The van der Waals surface area contributed by atoms with Crippen molar-refractivity contribution >= 4 is 5.97 Å². The summed E-state index contributed by atoms with van der Waals surface area (Å²) < 4.78 is 5.62. The molecule has 5 heteroatoms. The normalized spacial score (nSPS) is 23.5. The molecule has 2 unspecified atom stereocenters. The highest BCUT2D eigenvalue weighted by Crippen LogP contribution is 2.05. The predicted molar refractivity (Wildman–Crippen MR) is 66.2 cm³/mol. The van der Waals surface area contributed by atoms with Crippen LogP contribution in [0.5, 0.6) is 0 Å². The maximum Gasteiger partial charge on any atom is 0.320 e. The molecule has 1 heterocycles. The van der Waals surface area contributed by atoms with E-state index in [0.717, 1.165) is 32.7 Å². The highest BCUT2D eigenvalue weighted by molar-refractivity contribution is 5.73. The standard InChI is InChI=1S/C12H24N2O3/c1-3-5-11(12(15)16)13-8-10-9-14(4-2)6-7-17-10/h10-11,13H,3-9H2,1-2H3,(H,15,16). The highest BCUT2D eigenvalue weighted by Gasteiger charge is 2.22. The fraction of sp³-hybridized carbons (Fsp3) is 0.917. The largest absolute Gasteiger partial charge is 0.480 e. The second-order valence-corrected chi connectivity index (χ2v) is 4.47. The first-order valence-corrected chi connectivity index (χ1v) is 6.47. The molecular weight excluding hydrogens is 220 g/mol. The highest BCUT2D eigenvalue weighted by atomic mass is 16.5. The van der Waals surface area contributed by atoms with Gasteiger partial charge in [-0.25, -0.2) is 0 Å². The van der Waals surface area contributed by atoms with Gasteiger partial charge >= 0.3 is 5.97 Å². The van der Waals surface area contributed by atoms with E-state index in [-0.39, 0.29) is 6.10 Å². The Morgan fingerprint density at radius 2 is 2.35 bits per heavy atom. The Kier molecular flexibility index (Phi) is 6.47. The third-order valence-corrected chi connectivity index (χ3v) is 3.14. The molecule has 1 aliphatic heterocycles. The summed E-state index contributed by atoms with van der Waals surface area (Å²) in [6.07, 6.45) is 1.65. The van der Waals surface area contributed by atoms with Crippen LogP contribution in [0.1, 0.15) is 26.7 Å². The summed E-state index contributed by atoms with van der Waals surface area (Å²) in [5, 5.41) is 12.1. The minimum atomic E-state index is -0.769. The van der Waals surface area contributed by atoms with Crippen LogP contribution in [0.15, 0.2) is 0 Å². The number of likely N-dealkylation sites (N-methyl/N-ethyl adjacent to an activating group) is 1. The van der Waals surface area contributed by atoms with Gasteiger partial charge in [-0.2, -0.15) is 0 Å². The summed E-state index contributed by atoms with van der Waals surface area (Å²) in [6, 6.07) is -0.444. The Morgan fingerprint density at radius 1 is 1.59 bits per heavy atom. The van der Waals surface area contributed by atoms with Gasteiger partial charge in [-0.15, -0.1) is 0 Å². The van der Waals surface area contributed by atoms with Crippen LogP contribution >= 0.6 is 0 Å². The number of aliphatic carboxylic acids is 1. The third kappa shape index (κ3) is 5.02. The van der Waals surface area contributed by atoms with Gasteiger partial charge in [0.25, 0.3) is 0 Å². The van der Waals surface area contributed by atoms with E-state index in [2.05, 4.69) is 17.1 Å². The number of rotatable bonds is 7.